The summed E-state index contributed by atoms with van der Waals surface area (Å²) in [5, 5.41) is 29.0. The van der Waals surface area contributed by atoms with Gasteiger partial charge in [-0.25, -0.2) is 19.3 Å². The number of aromatic nitrogens is 6. The maximum Gasteiger partial charge on any atom is 0.409 e. The summed E-state index contributed by atoms with van der Waals surface area (Å²) in [6, 6.07) is 17.6. The normalized spacial score (nSPS) is 11.5. The predicted octanol–water partition coefficient (Wildman–Crippen LogP) is 4.93. The zero-order chi connectivity index (χ0) is 32.8. The fraction of sp³-hybridized carbons (Fsp3) is 0.167. The van der Waals surface area contributed by atoms with E-state index in [0.717, 1.165) is 5.56 Å². The molecule has 0 saturated carbocycles. The van der Waals surface area contributed by atoms with E-state index in [2.05, 4.69) is 36.5 Å². The second kappa shape index (κ2) is 14.1. The Kier molecular flexibility index (Phi) is 9.79. The number of amides is 4. The number of imidazole rings is 1. The van der Waals surface area contributed by atoms with Crippen LogP contribution in [0.4, 0.5) is 15.3 Å². The summed E-state index contributed by atoms with van der Waals surface area (Å²) in [6.07, 6.45) is 0.519. The molecule has 0 aliphatic carbocycles. The third-order valence-corrected chi connectivity index (χ3v) is 7.33. The zero-order valence-electron chi connectivity index (χ0n) is 24.5. The van der Waals surface area contributed by atoms with E-state index < -0.39 is 18.2 Å². The number of halogens is 2. The van der Waals surface area contributed by atoms with E-state index >= 15 is 0 Å². The number of nitrogens with zero attached hydrogens (tertiary/aromatic N) is 6. The van der Waals surface area contributed by atoms with Crippen LogP contribution < -0.4 is 16.0 Å². The largest absolute Gasteiger partial charge is 0.465 e. The van der Waals surface area contributed by atoms with E-state index in [1.807, 2.05) is 6.07 Å². The van der Waals surface area contributed by atoms with Crippen LogP contribution in [0, 0.1) is 0 Å². The third-order valence-electron chi connectivity index (χ3n) is 6.82. The van der Waals surface area contributed by atoms with Crippen molar-refractivity contribution < 1.29 is 19.5 Å². The average Bonchev–Trinajstić information content (AvgIpc) is 3.70. The molecule has 0 spiro atoms. The Labute approximate surface area is 272 Å². The Morgan fingerprint density at radius 3 is 2.52 bits per heavy atom. The van der Waals surface area contributed by atoms with E-state index in [1.54, 1.807) is 74.8 Å². The Bertz CT molecular complexity index is 1860. The van der Waals surface area contributed by atoms with Gasteiger partial charge < -0.3 is 25.6 Å². The van der Waals surface area contributed by atoms with E-state index in [-0.39, 0.29) is 24.0 Å². The topological polar surface area (TPSA) is 183 Å². The number of carbonyl (C=O) groups is 3. The van der Waals surface area contributed by atoms with Crippen LogP contribution in [0.25, 0.3) is 16.9 Å². The summed E-state index contributed by atoms with van der Waals surface area (Å²) >= 11 is 12.8. The van der Waals surface area contributed by atoms with Crippen LogP contribution in [0.3, 0.4) is 0 Å². The van der Waals surface area contributed by atoms with Gasteiger partial charge in [0.15, 0.2) is 0 Å². The van der Waals surface area contributed by atoms with Gasteiger partial charge >= 0.3 is 12.1 Å². The molecule has 5 rings (SSSR count). The first-order chi connectivity index (χ1) is 22.1. The number of aromatic amines is 1. The average molecular weight is 664 g/mol. The van der Waals surface area contributed by atoms with E-state index in [9.17, 15) is 14.4 Å². The lowest BCUT2D eigenvalue weighted by Gasteiger charge is -2.19. The van der Waals surface area contributed by atoms with Crippen LogP contribution in [0.5, 0.6) is 0 Å². The Hall–Kier alpha value is -5.47. The highest BCUT2D eigenvalue weighted by molar-refractivity contribution is 6.32. The number of carboxylic acid groups (broad SMARTS) is 1. The van der Waals surface area contributed by atoms with E-state index in [0.29, 0.717) is 44.6 Å². The monoisotopic (exact) mass is 662 g/mol. The Morgan fingerprint density at radius 2 is 1.83 bits per heavy atom. The molecule has 236 valence electrons. The minimum absolute atomic E-state index is 0.0992. The molecular weight excluding hydrogens is 635 g/mol. The summed E-state index contributed by atoms with van der Waals surface area (Å²) < 4.78 is 1.46. The van der Waals surface area contributed by atoms with Gasteiger partial charge in [0.1, 0.15) is 23.0 Å². The fourth-order valence-electron chi connectivity index (χ4n) is 4.68. The van der Waals surface area contributed by atoms with E-state index in [4.69, 9.17) is 33.3 Å². The Morgan fingerprint density at radius 1 is 1.04 bits per heavy atom. The number of hydrogen-bond donors (Lipinski definition) is 5. The number of hydrogen-bond acceptors (Lipinski definition) is 7. The molecule has 2 heterocycles. The first-order valence-electron chi connectivity index (χ1n) is 13.8. The van der Waals surface area contributed by atoms with Crippen molar-refractivity contribution in [2.24, 2.45) is 0 Å². The number of urea groups is 1. The molecule has 2 aromatic heterocycles. The lowest BCUT2D eigenvalue weighted by Crippen LogP contribution is -2.39. The molecule has 14 nitrogen and oxygen atoms in total. The van der Waals surface area contributed by atoms with Crippen molar-refractivity contribution in [3.8, 4) is 16.9 Å². The molecule has 0 unspecified atom stereocenters. The van der Waals surface area contributed by atoms with Gasteiger partial charge in [-0.3, -0.25) is 10.1 Å². The molecule has 0 radical (unpaired) electrons. The van der Waals surface area contributed by atoms with Crippen molar-refractivity contribution in [3.63, 3.8) is 0 Å². The summed E-state index contributed by atoms with van der Waals surface area (Å²) in [4.78, 5) is 46.2. The summed E-state index contributed by atoms with van der Waals surface area (Å²) in [5.74, 6) is 0.206. The number of benzene rings is 3. The summed E-state index contributed by atoms with van der Waals surface area (Å²) in [7, 11) is 3.34. The van der Waals surface area contributed by atoms with Crippen molar-refractivity contribution in [1.29, 1.82) is 0 Å². The summed E-state index contributed by atoms with van der Waals surface area (Å²) in [6.45, 7) is 0.0992. The highest BCUT2D eigenvalue weighted by atomic mass is 35.5. The van der Waals surface area contributed by atoms with Gasteiger partial charge in [0, 0.05) is 42.5 Å². The highest BCUT2D eigenvalue weighted by Crippen LogP contribution is 2.30. The Balaban J connectivity index is 1.40. The minimum Gasteiger partial charge on any atom is -0.465 e. The van der Waals surface area contributed by atoms with Crippen molar-refractivity contribution in [2.75, 3.05) is 19.4 Å². The van der Waals surface area contributed by atoms with Crippen LogP contribution in [-0.4, -0.2) is 72.3 Å². The standard InChI is InChI=1S/C30H28Cl2N10O4/c1-41(2)28(43)19-5-3-4-17(12-19)13-23(27-37-25(26(32)38-27)18-6-9-22(10-7-18)35-30(45)46)36-29(44)33-15-20-14-21(31)8-11-24(20)42-16-34-39-40-42/h3-12,14,16,23,35H,13,15H2,1-2H3,(H,37,38)(H,45,46)(H2,33,36,44)/t23-/m0/s1. The van der Waals surface area contributed by atoms with Crippen LogP contribution >= 0.6 is 23.2 Å². The third kappa shape index (κ3) is 7.78. The van der Waals surface area contributed by atoms with Crippen LogP contribution in [0.1, 0.15) is 33.4 Å². The van der Waals surface area contributed by atoms with E-state index in [1.165, 1.54) is 15.9 Å². The second-order valence-corrected chi connectivity index (χ2v) is 11.1. The number of tetrazole rings is 1. The highest BCUT2D eigenvalue weighted by Gasteiger charge is 2.23. The molecule has 4 amide bonds. The van der Waals surface area contributed by atoms with Crippen molar-refractivity contribution in [1.82, 2.24) is 45.7 Å². The molecule has 0 aliphatic heterocycles. The lowest BCUT2D eigenvalue weighted by atomic mass is 10.0. The molecule has 5 aromatic rings. The number of rotatable bonds is 10. The quantitative estimate of drug-likeness (QED) is 0.139. The molecule has 1 atom stereocenters. The number of nitrogens with one attached hydrogen (secondary N) is 4. The molecular formula is C30H28Cl2N10O4. The predicted molar refractivity (Wildman–Crippen MR) is 171 cm³/mol. The fourth-order valence-corrected chi connectivity index (χ4v) is 5.12. The zero-order valence-corrected chi connectivity index (χ0v) is 26.0. The second-order valence-electron chi connectivity index (χ2n) is 10.3. The molecule has 0 aliphatic rings. The van der Waals surface area contributed by atoms with Gasteiger partial charge in [0.25, 0.3) is 5.91 Å². The molecule has 5 N–H and O–H groups in total. The first-order valence-corrected chi connectivity index (χ1v) is 14.6. The van der Waals surface area contributed by atoms with Crippen LogP contribution in [-0.2, 0) is 13.0 Å². The molecule has 3 aromatic carbocycles. The minimum atomic E-state index is -1.18. The van der Waals surface area contributed by atoms with Gasteiger partial charge in [-0.1, -0.05) is 47.5 Å². The van der Waals surface area contributed by atoms with Crippen molar-refractivity contribution in [3.05, 3.63) is 106 Å². The SMILES string of the molecule is CN(C)C(=O)c1cccc(C[C@H](NC(=O)NCc2cc(Cl)ccc2-n2cnnn2)c2nc(-c3ccc(NC(=O)O)cc3)c(Cl)[nH]2)c1. The van der Waals surface area contributed by atoms with Gasteiger partial charge in [0.05, 0.1) is 11.7 Å². The van der Waals surface area contributed by atoms with Crippen LogP contribution in [0.2, 0.25) is 10.2 Å². The molecule has 46 heavy (non-hydrogen) atoms. The van der Waals surface area contributed by atoms with Gasteiger partial charge in [-0.15, -0.1) is 5.10 Å². The van der Waals surface area contributed by atoms with Crippen molar-refractivity contribution >= 4 is 46.9 Å². The van der Waals surface area contributed by atoms with Crippen LogP contribution in [0.15, 0.2) is 73.1 Å². The maximum atomic E-state index is 13.3. The summed E-state index contributed by atoms with van der Waals surface area (Å²) in [5.41, 5.74) is 4.00. The molecule has 16 heteroatoms. The van der Waals surface area contributed by atoms with Gasteiger partial charge in [0.2, 0.25) is 0 Å². The molecule has 0 saturated heterocycles. The maximum absolute atomic E-state index is 13.3. The smallest absolute Gasteiger partial charge is 0.409 e. The van der Waals surface area contributed by atoms with Gasteiger partial charge in [-0.2, -0.15) is 0 Å². The number of carbonyl (C=O) groups excluding carboxylic acids is 2. The number of anilines is 1. The number of H-pyrrole nitrogens is 1. The molecule has 0 fully saturated rings. The molecule has 0 bridgehead atoms. The first kappa shape index (κ1) is 31.9. The van der Waals surface area contributed by atoms with Gasteiger partial charge in [-0.05, 0) is 70.4 Å². The van der Waals surface area contributed by atoms with Crippen molar-refractivity contribution in [2.45, 2.75) is 19.0 Å². The lowest BCUT2D eigenvalue weighted by molar-refractivity contribution is 0.0827.